The van der Waals surface area contributed by atoms with Crippen molar-refractivity contribution in [1.82, 2.24) is 10.2 Å². The lowest BCUT2D eigenvalue weighted by Gasteiger charge is -2.42. The molecule has 1 aliphatic heterocycles. The molecule has 0 aromatic heterocycles. The summed E-state index contributed by atoms with van der Waals surface area (Å²) < 4.78 is 0. The van der Waals surface area contributed by atoms with Crippen molar-refractivity contribution in [2.45, 2.75) is 76.9 Å². The van der Waals surface area contributed by atoms with E-state index in [1.54, 1.807) is 0 Å². The van der Waals surface area contributed by atoms with Crippen LogP contribution >= 0.6 is 0 Å². The molecule has 0 spiro atoms. The average Bonchev–Trinajstić information content (AvgIpc) is 2.50. The molecular formula is C19H36N2O. The molecule has 3 nitrogen and oxygen atoms in total. The van der Waals surface area contributed by atoms with Gasteiger partial charge in [-0.3, -0.25) is 0 Å². The number of aliphatic hydroxyl groups excluding tert-OH is 1. The van der Waals surface area contributed by atoms with Gasteiger partial charge in [-0.1, -0.05) is 25.7 Å². The molecule has 3 heteroatoms. The maximum absolute atomic E-state index is 10.1. The zero-order valence-corrected chi connectivity index (χ0v) is 14.5. The monoisotopic (exact) mass is 308 g/mol. The summed E-state index contributed by atoms with van der Waals surface area (Å²) in [4.78, 5) is 2.64. The Bertz CT molecular complexity index is 323. The van der Waals surface area contributed by atoms with E-state index >= 15 is 0 Å². The van der Waals surface area contributed by atoms with Crippen LogP contribution in [-0.2, 0) is 0 Å². The van der Waals surface area contributed by atoms with Gasteiger partial charge >= 0.3 is 0 Å². The molecule has 0 amide bonds. The summed E-state index contributed by atoms with van der Waals surface area (Å²) in [5.41, 5.74) is 0. The molecule has 3 fully saturated rings. The SMILES string of the molecule is CC(O)C1CC(NCC2CCCCC2)CN(CC2CCC2)C1. The molecule has 2 N–H and O–H groups in total. The van der Waals surface area contributed by atoms with E-state index < -0.39 is 0 Å². The molecule has 3 rings (SSSR count). The Hall–Kier alpha value is -0.120. The second-order valence-electron chi connectivity index (χ2n) is 8.36. The normalized spacial score (nSPS) is 33.5. The number of aliphatic hydroxyl groups is 1. The van der Waals surface area contributed by atoms with Gasteiger partial charge in [0.2, 0.25) is 0 Å². The fourth-order valence-corrected chi connectivity index (χ4v) is 4.64. The standard InChI is InChI=1S/C19H36N2O/c1-15(22)18-10-19(20-11-16-6-3-2-4-7-16)14-21(13-18)12-17-8-5-9-17/h15-20,22H,2-14H2,1H3. The van der Waals surface area contributed by atoms with Crippen LogP contribution in [0.15, 0.2) is 0 Å². The lowest BCUT2D eigenvalue weighted by molar-refractivity contribution is 0.0342. The second kappa shape index (κ2) is 8.12. The molecule has 1 saturated heterocycles. The number of hydrogen-bond acceptors (Lipinski definition) is 3. The minimum atomic E-state index is -0.164. The number of hydrogen-bond donors (Lipinski definition) is 2. The van der Waals surface area contributed by atoms with E-state index in [2.05, 4.69) is 10.2 Å². The third-order valence-corrected chi connectivity index (χ3v) is 6.40. The van der Waals surface area contributed by atoms with Gasteiger partial charge in [-0.2, -0.15) is 0 Å². The Morgan fingerprint density at radius 1 is 1.00 bits per heavy atom. The first-order valence-corrected chi connectivity index (χ1v) is 9.84. The summed E-state index contributed by atoms with van der Waals surface area (Å²) in [7, 11) is 0. The van der Waals surface area contributed by atoms with Gasteiger partial charge in [-0.05, 0) is 63.3 Å². The molecule has 0 bridgehead atoms. The predicted octanol–water partition coefficient (Wildman–Crippen LogP) is 3.03. The first-order valence-electron chi connectivity index (χ1n) is 9.84. The quantitative estimate of drug-likeness (QED) is 0.792. The number of nitrogens with zero attached hydrogens (tertiary/aromatic N) is 1. The average molecular weight is 309 g/mol. The first-order chi connectivity index (χ1) is 10.7. The Balaban J connectivity index is 1.47. The van der Waals surface area contributed by atoms with Crippen LogP contribution < -0.4 is 5.32 Å². The molecule has 0 radical (unpaired) electrons. The van der Waals surface area contributed by atoms with Gasteiger partial charge < -0.3 is 15.3 Å². The van der Waals surface area contributed by atoms with Crippen LogP contribution in [0.25, 0.3) is 0 Å². The van der Waals surface area contributed by atoms with Gasteiger partial charge in [0.05, 0.1) is 6.10 Å². The smallest absolute Gasteiger partial charge is 0.0553 e. The molecule has 128 valence electrons. The molecular weight excluding hydrogens is 272 g/mol. The molecule has 0 aromatic rings. The van der Waals surface area contributed by atoms with Crippen molar-refractivity contribution in [2.75, 3.05) is 26.2 Å². The van der Waals surface area contributed by atoms with Gasteiger partial charge in [0.1, 0.15) is 0 Å². The Kier molecular flexibility index (Phi) is 6.17. The summed E-state index contributed by atoms with van der Waals surface area (Å²) in [6, 6.07) is 0.593. The summed E-state index contributed by atoms with van der Waals surface area (Å²) in [6.45, 7) is 6.76. The van der Waals surface area contributed by atoms with Crippen molar-refractivity contribution in [3.63, 3.8) is 0 Å². The molecule has 3 unspecified atom stereocenters. The Morgan fingerprint density at radius 2 is 1.73 bits per heavy atom. The van der Waals surface area contributed by atoms with Crippen molar-refractivity contribution in [1.29, 1.82) is 0 Å². The topological polar surface area (TPSA) is 35.5 Å². The van der Waals surface area contributed by atoms with E-state index in [1.807, 2.05) is 6.92 Å². The van der Waals surface area contributed by atoms with Gasteiger partial charge in [0, 0.05) is 25.7 Å². The molecule has 22 heavy (non-hydrogen) atoms. The molecule has 2 saturated carbocycles. The molecule has 3 atom stereocenters. The summed E-state index contributed by atoms with van der Waals surface area (Å²) in [6.07, 6.45) is 12.4. The number of nitrogens with one attached hydrogen (secondary N) is 1. The fraction of sp³-hybridized carbons (Fsp3) is 1.00. The lowest BCUT2D eigenvalue weighted by Crippen LogP contribution is -2.53. The highest BCUT2D eigenvalue weighted by Gasteiger charge is 2.32. The van der Waals surface area contributed by atoms with Crippen molar-refractivity contribution >= 4 is 0 Å². The van der Waals surface area contributed by atoms with Crippen molar-refractivity contribution in [2.24, 2.45) is 17.8 Å². The van der Waals surface area contributed by atoms with Crippen LogP contribution in [0.3, 0.4) is 0 Å². The van der Waals surface area contributed by atoms with Gasteiger partial charge in [0.25, 0.3) is 0 Å². The van der Waals surface area contributed by atoms with E-state index in [1.165, 1.54) is 71.0 Å². The Morgan fingerprint density at radius 3 is 2.36 bits per heavy atom. The maximum atomic E-state index is 10.1. The van der Waals surface area contributed by atoms with Crippen LogP contribution in [0.5, 0.6) is 0 Å². The third-order valence-electron chi connectivity index (χ3n) is 6.40. The number of rotatable bonds is 6. The largest absolute Gasteiger partial charge is 0.393 e. The molecule has 0 aromatic carbocycles. The van der Waals surface area contributed by atoms with E-state index in [4.69, 9.17) is 0 Å². The third kappa shape index (κ3) is 4.69. The predicted molar refractivity (Wildman–Crippen MR) is 91.9 cm³/mol. The van der Waals surface area contributed by atoms with Crippen molar-refractivity contribution < 1.29 is 5.11 Å². The number of piperidine rings is 1. The molecule has 3 aliphatic rings. The second-order valence-corrected chi connectivity index (χ2v) is 8.36. The van der Waals surface area contributed by atoms with Crippen LogP contribution in [0, 0.1) is 17.8 Å². The fourth-order valence-electron chi connectivity index (χ4n) is 4.64. The van der Waals surface area contributed by atoms with Gasteiger partial charge in [-0.15, -0.1) is 0 Å². The van der Waals surface area contributed by atoms with Crippen LogP contribution in [0.2, 0.25) is 0 Å². The zero-order chi connectivity index (χ0) is 15.4. The lowest BCUT2D eigenvalue weighted by atomic mass is 9.83. The highest BCUT2D eigenvalue weighted by molar-refractivity contribution is 4.88. The van der Waals surface area contributed by atoms with Crippen LogP contribution in [0.1, 0.15) is 64.7 Å². The van der Waals surface area contributed by atoms with E-state index in [0.29, 0.717) is 12.0 Å². The van der Waals surface area contributed by atoms with Gasteiger partial charge in [0.15, 0.2) is 0 Å². The maximum Gasteiger partial charge on any atom is 0.0553 e. The van der Waals surface area contributed by atoms with E-state index in [-0.39, 0.29) is 6.10 Å². The van der Waals surface area contributed by atoms with Crippen LogP contribution in [-0.4, -0.2) is 48.3 Å². The minimum Gasteiger partial charge on any atom is -0.393 e. The van der Waals surface area contributed by atoms with E-state index in [0.717, 1.165) is 24.8 Å². The van der Waals surface area contributed by atoms with Crippen LogP contribution in [0.4, 0.5) is 0 Å². The highest BCUT2D eigenvalue weighted by atomic mass is 16.3. The minimum absolute atomic E-state index is 0.164. The summed E-state index contributed by atoms with van der Waals surface area (Å²) >= 11 is 0. The zero-order valence-electron chi connectivity index (χ0n) is 14.5. The Labute approximate surface area is 136 Å². The van der Waals surface area contributed by atoms with Crippen molar-refractivity contribution in [3.8, 4) is 0 Å². The van der Waals surface area contributed by atoms with Gasteiger partial charge in [-0.25, -0.2) is 0 Å². The first kappa shape index (κ1) is 16.7. The summed E-state index contributed by atoms with van der Waals surface area (Å²) in [5.74, 6) is 2.30. The van der Waals surface area contributed by atoms with E-state index in [9.17, 15) is 5.11 Å². The number of likely N-dealkylation sites (tertiary alicyclic amines) is 1. The molecule has 1 heterocycles. The highest BCUT2D eigenvalue weighted by Crippen LogP contribution is 2.30. The molecule has 2 aliphatic carbocycles. The summed E-state index contributed by atoms with van der Waals surface area (Å²) in [5, 5.41) is 13.9. The van der Waals surface area contributed by atoms with Crippen molar-refractivity contribution in [3.05, 3.63) is 0 Å².